The number of aromatic nitrogens is 3. The molecule has 0 bridgehead atoms. The first kappa shape index (κ1) is 37.0. The summed E-state index contributed by atoms with van der Waals surface area (Å²) in [6.45, 7) is 8.16. The average Bonchev–Trinajstić information content (AvgIpc) is 3.93. The summed E-state index contributed by atoms with van der Waals surface area (Å²) in [4.78, 5) is 13.0. The predicted molar refractivity (Wildman–Crippen MR) is 269 cm³/mol. The Bertz CT molecular complexity index is 3470. The summed E-state index contributed by atoms with van der Waals surface area (Å²) in [5.74, 6) is 4.53. The third-order valence-corrected chi connectivity index (χ3v) is 11.0. The molecular weight excluding hydrogens is 991 g/mol. The predicted octanol–water partition coefficient (Wildman–Crippen LogP) is 12.0. The molecule has 0 aliphatic carbocycles. The Morgan fingerprint density at radius 1 is 0.712 bits per heavy atom. The Kier molecular flexibility index (Phi) is 10.9. The van der Waals surface area contributed by atoms with Gasteiger partial charge < -0.3 is 29.7 Å². The van der Waals surface area contributed by atoms with Crippen LogP contribution >= 0.6 is 0 Å². The zero-order valence-corrected chi connectivity index (χ0v) is 38.5. The molecule has 2 N–H and O–H groups in total. The van der Waals surface area contributed by atoms with Gasteiger partial charge in [0.2, 0.25) is 0 Å². The van der Waals surface area contributed by atoms with Crippen molar-refractivity contribution in [3.05, 3.63) is 230 Å². The molecule has 7 aromatic rings. The van der Waals surface area contributed by atoms with Crippen LogP contribution in [-0.4, -0.2) is 29.1 Å². The minimum atomic E-state index is -0.366. The number of pyridine rings is 2. The van der Waals surface area contributed by atoms with Gasteiger partial charge in [0.1, 0.15) is 11.7 Å². The first-order valence-electron chi connectivity index (χ1n) is 24.2. The van der Waals surface area contributed by atoms with Crippen LogP contribution in [0.5, 0.6) is 11.6 Å². The van der Waals surface area contributed by atoms with Gasteiger partial charge in [0, 0.05) is 80.4 Å². The third-order valence-electron chi connectivity index (χ3n) is 11.0. The van der Waals surface area contributed by atoms with E-state index in [4.69, 9.17) is 16.6 Å². The normalized spacial score (nSPS) is 20.4. The fourth-order valence-corrected chi connectivity index (χ4v) is 7.88. The summed E-state index contributed by atoms with van der Waals surface area (Å²) < 4.78 is 61.5. The Balaban J connectivity index is 0.00000640. The van der Waals surface area contributed by atoms with E-state index in [1.54, 1.807) is 22.9 Å². The fraction of sp³-hybridized carbons (Fsp3) is 0.0727. The topological polar surface area (TPSA) is 70.5 Å². The second-order valence-corrected chi connectivity index (χ2v) is 16.2. The molecule has 3 aromatic heterocycles. The van der Waals surface area contributed by atoms with E-state index in [1.807, 2.05) is 127 Å². The van der Waals surface area contributed by atoms with Crippen molar-refractivity contribution in [2.75, 3.05) is 9.80 Å². The van der Waals surface area contributed by atoms with Crippen LogP contribution in [0, 0.1) is 18.8 Å². The van der Waals surface area contributed by atoms with Crippen molar-refractivity contribution in [2.24, 2.45) is 0 Å². The molecule has 2 radical (unpaired) electrons. The summed E-state index contributed by atoms with van der Waals surface area (Å²) in [5, 5.41) is 7.17. The molecule has 4 aromatic carbocycles. The maximum atomic E-state index is 9.27. The fourth-order valence-electron chi connectivity index (χ4n) is 7.88. The van der Waals surface area contributed by atoms with E-state index in [9.17, 15) is 1.37 Å². The first-order chi connectivity index (χ1) is 34.4. The number of nitrogens with one attached hydrogen (secondary N) is 2. The molecular formula is C55H44B2N7OPt-3. The van der Waals surface area contributed by atoms with Crippen molar-refractivity contribution in [1.29, 1.82) is 0 Å². The molecule has 6 heterocycles. The molecule has 0 fully saturated rings. The van der Waals surface area contributed by atoms with Gasteiger partial charge >= 0.3 is 0 Å². The zero-order chi connectivity index (χ0) is 49.4. The van der Waals surface area contributed by atoms with Crippen molar-refractivity contribution < 1.29 is 34.0 Å². The van der Waals surface area contributed by atoms with Gasteiger partial charge in [-0.3, -0.25) is 4.98 Å². The molecule has 0 unspecified atom stereocenters. The quantitative estimate of drug-likeness (QED) is 0.122. The van der Waals surface area contributed by atoms with Gasteiger partial charge in [-0.1, -0.05) is 111 Å². The van der Waals surface area contributed by atoms with Crippen molar-refractivity contribution in [3.63, 3.8) is 0 Å². The molecule has 11 heteroatoms. The van der Waals surface area contributed by atoms with Crippen LogP contribution in [0.2, 0.25) is 0 Å². The molecule has 0 saturated carbocycles. The number of benzene rings is 4. The monoisotopic (exact) mass is 1040 g/mol. The van der Waals surface area contributed by atoms with Gasteiger partial charge in [-0.15, -0.1) is 36.1 Å². The van der Waals surface area contributed by atoms with Crippen LogP contribution in [0.15, 0.2) is 195 Å². The van der Waals surface area contributed by atoms with Crippen LogP contribution in [0.25, 0.3) is 38.6 Å². The minimum absolute atomic E-state index is 0. The van der Waals surface area contributed by atoms with Crippen molar-refractivity contribution in [3.8, 4) is 17.4 Å². The Morgan fingerprint density at radius 3 is 2.11 bits per heavy atom. The van der Waals surface area contributed by atoms with E-state index < -0.39 is 0 Å². The molecule has 10 rings (SSSR count). The van der Waals surface area contributed by atoms with E-state index in [-0.39, 0.29) is 85.7 Å². The summed E-state index contributed by atoms with van der Waals surface area (Å²) in [7, 11) is 4.14. The summed E-state index contributed by atoms with van der Waals surface area (Å²) in [5.41, 5.74) is 7.76. The number of allylic oxidation sites excluding steroid dienone is 8. The molecule has 0 amide bonds. The van der Waals surface area contributed by atoms with Gasteiger partial charge in [-0.25, -0.2) is 4.98 Å². The summed E-state index contributed by atoms with van der Waals surface area (Å²) in [6.07, 6.45) is 24.6. The van der Waals surface area contributed by atoms with Crippen molar-refractivity contribution >= 4 is 70.1 Å². The van der Waals surface area contributed by atoms with E-state index >= 15 is 0 Å². The van der Waals surface area contributed by atoms with Crippen molar-refractivity contribution in [2.45, 2.75) is 26.2 Å². The number of rotatable bonds is 7. The number of nitrogens with zero attached hydrogens (tertiary/aromatic N) is 5. The van der Waals surface area contributed by atoms with Gasteiger partial charge in [-0.05, 0) is 88.3 Å². The van der Waals surface area contributed by atoms with Gasteiger partial charge in [-0.2, -0.15) is 23.9 Å². The molecule has 0 atom stereocenters. The smallest absolute Gasteiger partial charge is 0.182 e. The van der Waals surface area contributed by atoms with E-state index in [0.717, 1.165) is 44.7 Å². The molecule has 324 valence electrons. The van der Waals surface area contributed by atoms with Crippen LogP contribution in [0.3, 0.4) is 0 Å². The second-order valence-electron chi connectivity index (χ2n) is 16.2. The third kappa shape index (κ3) is 9.02. The maximum Gasteiger partial charge on any atom is 0.182 e. The average molecular weight is 1040 g/mol. The number of hydrogen-bond acceptors (Lipinski definition) is 7. The minimum Gasteiger partial charge on any atom is -0.503 e. The number of fused-ring (bicyclic) bond motifs is 4. The molecule has 0 spiro atoms. The Morgan fingerprint density at radius 2 is 1.39 bits per heavy atom. The molecule has 0 saturated heterocycles. The van der Waals surface area contributed by atoms with Crippen LogP contribution in [0.1, 0.15) is 45.7 Å². The summed E-state index contributed by atoms with van der Waals surface area (Å²) in [6, 6.07) is 26.6. The number of anilines is 4. The molecule has 3 aliphatic heterocycles. The van der Waals surface area contributed by atoms with Gasteiger partial charge in [0.15, 0.2) is 14.6 Å². The molecule has 8 nitrogen and oxygen atoms in total. The number of ether oxygens (including phenoxy) is 1. The number of hydrogen-bond donors (Lipinski definition) is 2. The number of para-hydroxylation sites is 4. The SMILES string of the molecule is [2H]c1nc(Oc2[c-]c3c(cc2)c2c([2H])c([2H])c([2H])c([2H])c2n3-c2cc(C(C)(C)C)ccn2)[c-]c(N2[CH-]N(c3c(/C4=C/C=C\N/C=C\C=C/[B]4)cccc3/C3=C/C=C\N/C=C\C=C/[B]3)c3ccccc32)c1[2H].[Pt]. The van der Waals surface area contributed by atoms with E-state index in [2.05, 4.69) is 92.3 Å². The van der Waals surface area contributed by atoms with Crippen LogP contribution < -0.4 is 25.2 Å². The first-order valence-corrected chi connectivity index (χ1v) is 21.2. The summed E-state index contributed by atoms with van der Waals surface area (Å²) >= 11 is 0. The van der Waals surface area contributed by atoms with E-state index in [0.29, 0.717) is 22.1 Å². The van der Waals surface area contributed by atoms with Gasteiger partial charge in [0.25, 0.3) is 0 Å². The largest absolute Gasteiger partial charge is 0.503 e. The van der Waals surface area contributed by atoms with Crippen molar-refractivity contribution in [1.82, 2.24) is 25.2 Å². The van der Waals surface area contributed by atoms with E-state index in [1.165, 1.54) is 0 Å². The second kappa shape index (κ2) is 19.4. The Labute approximate surface area is 411 Å². The zero-order valence-electron chi connectivity index (χ0n) is 42.2. The molecule has 66 heavy (non-hydrogen) atoms. The van der Waals surface area contributed by atoms with Gasteiger partial charge in [0.05, 0.1) is 6.85 Å². The molecule has 3 aliphatic rings. The maximum absolute atomic E-state index is 9.27. The van der Waals surface area contributed by atoms with Crippen LogP contribution in [0.4, 0.5) is 22.7 Å². The Hall–Kier alpha value is -7.28. The van der Waals surface area contributed by atoms with Crippen LogP contribution in [-0.2, 0) is 26.5 Å². The standard InChI is InChI=1S/C55H44B2N7O.Pt/c1-55(2,3)39-25-33-60-52(35-39)64-48-20-5-4-15-42(48)43-24-23-41(37-51(43)64)65-53-36-40(26-34-61-53)62-38-63(50-22-7-6-21-49(50)62)54-44(46-18-13-31-58-29-10-8-27-56-46)16-12-17-45(54)47-19-14-32-59-30-11-9-28-57-47;/h4-35,38,58-59H,1-3H3;/q-3;/b27-8-,28-9-,29-10-,30-11-,31-13-,32-14-,46-18-,47-19-;/i4D,5D,15D,20D,26D,34D;.